The number of ether oxygens (including phenoxy) is 2. The van der Waals surface area contributed by atoms with Gasteiger partial charge < -0.3 is 9.47 Å². The van der Waals surface area contributed by atoms with E-state index in [-0.39, 0.29) is 6.61 Å². The first-order chi connectivity index (χ1) is 12.7. The van der Waals surface area contributed by atoms with Crippen LogP contribution in [0.25, 0.3) is 0 Å². The molecule has 3 aromatic rings. The fourth-order valence-corrected chi connectivity index (χ4v) is 3.44. The maximum absolute atomic E-state index is 5.83. The molecule has 6 nitrogen and oxygen atoms in total. The highest BCUT2D eigenvalue weighted by Gasteiger charge is 2.20. The van der Waals surface area contributed by atoms with Crippen molar-refractivity contribution in [1.29, 1.82) is 0 Å². The van der Waals surface area contributed by atoms with Gasteiger partial charge in [0.15, 0.2) is 5.82 Å². The lowest BCUT2D eigenvalue weighted by molar-refractivity contribution is 0.288. The average Bonchev–Trinajstić information content (AvgIpc) is 3.09. The van der Waals surface area contributed by atoms with Crippen molar-refractivity contribution < 1.29 is 9.47 Å². The number of fused-ring (bicyclic) bond motifs is 1. The van der Waals surface area contributed by atoms with Gasteiger partial charge in [-0.25, -0.2) is 0 Å². The number of rotatable bonds is 5. The maximum atomic E-state index is 5.83. The van der Waals surface area contributed by atoms with Gasteiger partial charge in [0.2, 0.25) is 5.16 Å². The molecule has 132 valence electrons. The Morgan fingerprint density at radius 3 is 2.69 bits per heavy atom. The minimum atomic E-state index is 0.283. The van der Waals surface area contributed by atoms with Crippen LogP contribution in [0.15, 0.2) is 58.8 Å². The summed E-state index contributed by atoms with van der Waals surface area (Å²) in [7, 11) is 1.63. The van der Waals surface area contributed by atoms with Crippen LogP contribution in [0.1, 0.15) is 17.0 Å². The van der Waals surface area contributed by atoms with Gasteiger partial charge in [-0.05, 0) is 24.6 Å². The fraction of sp³-hybridized carbons (Fsp3) is 0.211. The zero-order chi connectivity index (χ0) is 17.9. The van der Waals surface area contributed by atoms with Gasteiger partial charge in [-0.15, -0.1) is 10.2 Å². The van der Waals surface area contributed by atoms with Crippen LogP contribution >= 0.6 is 11.8 Å². The Balaban J connectivity index is 1.55. The first-order valence-corrected chi connectivity index (χ1v) is 9.20. The van der Waals surface area contributed by atoms with Crippen molar-refractivity contribution in [2.24, 2.45) is 5.10 Å². The maximum Gasteiger partial charge on any atom is 0.212 e. The van der Waals surface area contributed by atoms with Crippen molar-refractivity contribution in [3.05, 3.63) is 65.5 Å². The molecule has 1 aromatic heterocycles. The molecule has 2 heterocycles. The molecule has 2 aromatic carbocycles. The third-order valence-electron chi connectivity index (χ3n) is 4.03. The van der Waals surface area contributed by atoms with Crippen molar-refractivity contribution in [3.8, 4) is 11.5 Å². The van der Waals surface area contributed by atoms with Gasteiger partial charge >= 0.3 is 0 Å². The molecule has 0 N–H and O–H groups in total. The molecule has 7 heteroatoms. The number of thioether (sulfide) groups is 1. The number of nitrogens with zero attached hydrogens (tertiary/aromatic N) is 4. The van der Waals surface area contributed by atoms with Gasteiger partial charge in [0.1, 0.15) is 18.1 Å². The van der Waals surface area contributed by atoms with Crippen molar-refractivity contribution in [2.45, 2.75) is 18.7 Å². The van der Waals surface area contributed by atoms with Crippen LogP contribution in [-0.4, -0.2) is 33.4 Å². The predicted octanol–water partition coefficient (Wildman–Crippen LogP) is 3.53. The molecule has 1 aliphatic rings. The van der Waals surface area contributed by atoms with Crippen LogP contribution in [0.4, 0.5) is 0 Å². The zero-order valence-electron chi connectivity index (χ0n) is 14.5. The van der Waals surface area contributed by atoms with E-state index in [9.17, 15) is 0 Å². The Labute approximate surface area is 155 Å². The molecule has 0 spiro atoms. The Hall–Kier alpha value is -2.80. The van der Waals surface area contributed by atoms with Crippen molar-refractivity contribution in [3.63, 3.8) is 0 Å². The van der Waals surface area contributed by atoms with E-state index in [0.29, 0.717) is 11.6 Å². The van der Waals surface area contributed by atoms with Crippen LogP contribution < -0.4 is 9.47 Å². The lowest BCUT2D eigenvalue weighted by Gasteiger charge is -2.14. The summed E-state index contributed by atoms with van der Waals surface area (Å²) in [5.41, 5.74) is 3.35. The number of methoxy groups -OCH3 is 1. The second-order valence-electron chi connectivity index (χ2n) is 5.88. The summed E-state index contributed by atoms with van der Waals surface area (Å²) >= 11 is 1.63. The standard InChI is InChI=1S/C19H18N4O2S/c1-13-6-8-14(9-7-13)17-12-26-19-21-20-18(23(19)22-17)11-25-16-5-3-4-15(10-16)24-2/h3-10H,11-12H2,1-2H3. The van der Waals surface area contributed by atoms with E-state index in [1.165, 1.54) is 5.56 Å². The Morgan fingerprint density at radius 2 is 1.88 bits per heavy atom. The minimum Gasteiger partial charge on any atom is -0.497 e. The molecule has 0 saturated heterocycles. The van der Waals surface area contributed by atoms with Crippen molar-refractivity contribution in [2.75, 3.05) is 12.9 Å². The van der Waals surface area contributed by atoms with E-state index < -0.39 is 0 Å². The van der Waals surface area contributed by atoms with Gasteiger partial charge in [-0.2, -0.15) is 9.78 Å². The van der Waals surface area contributed by atoms with E-state index in [2.05, 4.69) is 41.4 Å². The van der Waals surface area contributed by atoms with E-state index in [1.807, 2.05) is 24.3 Å². The number of aryl methyl sites for hydroxylation is 1. The number of benzene rings is 2. The molecule has 0 bridgehead atoms. The summed E-state index contributed by atoms with van der Waals surface area (Å²) in [5, 5.41) is 14.0. The normalized spacial score (nSPS) is 13.1. The molecular formula is C19H18N4O2S. The van der Waals surface area contributed by atoms with E-state index >= 15 is 0 Å². The summed E-state index contributed by atoms with van der Waals surface area (Å²) < 4.78 is 12.8. The largest absolute Gasteiger partial charge is 0.497 e. The molecule has 0 atom stereocenters. The van der Waals surface area contributed by atoms with Gasteiger partial charge in [-0.3, -0.25) is 0 Å². The highest BCUT2D eigenvalue weighted by atomic mass is 32.2. The van der Waals surface area contributed by atoms with E-state index in [0.717, 1.165) is 27.9 Å². The third-order valence-corrected chi connectivity index (χ3v) is 4.96. The van der Waals surface area contributed by atoms with Gasteiger partial charge in [0.05, 0.1) is 12.8 Å². The molecule has 4 rings (SSSR count). The lowest BCUT2D eigenvalue weighted by Crippen LogP contribution is -2.15. The minimum absolute atomic E-state index is 0.283. The molecule has 26 heavy (non-hydrogen) atoms. The van der Waals surface area contributed by atoms with Crippen LogP contribution in [0.3, 0.4) is 0 Å². The first kappa shape index (κ1) is 16.7. The summed E-state index contributed by atoms with van der Waals surface area (Å²) in [6, 6.07) is 15.9. The average molecular weight is 366 g/mol. The fourth-order valence-electron chi connectivity index (χ4n) is 2.58. The van der Waals surface area contributed by atoms with Crippen LogP contribution in [-0.2, 0) is 6.61 Å². The first-order valence-electron chi connectivity index (χ1n) is 8.22. The molecular weight excluding hydrogens is 348 g/mol. The summed E-state index contributed by atoms with van der Waals surface area (Å²) in [6.07, 6.45) is 0. The Kier molecular flexibility index (Phi) is 4.62. The smallest absolute Gasteiger partial charge is 0.212 e. The summed E-state index contributed by atoms with van der Waals surface area (Å²) in [6.45, 7) is 2.36. The molecule has 0 fully saturated rings. The highest BCUT2D eigenvalue weighted by Crippen LogP contribution is 2.25. The number of hydrogen-bond acceptors (Lipinski definition) is 6. The number of aromatic nitrogens is 3. The van der Waals surface area contributed by atoms with Crippen molar-refractivity contribution >= 4 is 17.5 Å². The van der Waals surface area contributed by atoms with Gasteiger partial charge in [-0.1, -0.05) is 47.7 Å². The molecule has 0 aliphatic carbocycles. The van der Waals surface area contributed by atoms with Crippen LogP contribution in [0.5, 0.6) is 11.5 Å². The van der Waals surface area contributed by atoms with Gasteiger partial charge in [0, 0.05) is 11.8 Å². The summed E-state index contributed by atoms with van der Waals surface area (Å²) in [5.74, 6) is 2.91. The zero-order valence-corrected chi connectivity index (χ0v) is 15.4. The van der Waals surface area contributed by atoms with E-state index in [1.54, 1.807) is 23.5 Å². The third kappa shape index (κ3) is 3.43. The molecule has 0 unspecified atom stereocenters. The number of hydrogen-bond donors (Lipinski definition) is 0. The van der Waals surface area contributed by atoms with Crippen LogP contribution in [0.2, 0.25) is 0 Å². The Bertz CT molecular complexity index is 950. The molecule has 0 saturated carbocycles. The monoisotopic (exact) mass is 366 g/mol. The second kappa shape index (κ2) is 7.21. The van der Waals surface area contributed by atoms with Crippen LogP contribution in [0, 0.1) is 6.92 Å². The van der Waals surface area contributed by atoms with E-state index in [4.69, 9.17) is 14.6 Å². The molecule has 0 radical (unpaired) electrons. The quantitative estimate of drug-likeness (QED) is 0.691. The predicted molar refractivity (Wildman–Crippen MR) is 101 cm³/mol. The lowest BCUT2D eigenvalue weighted by atomic mass is 10.1. The molecule has 1 aliphatic heterocycles. The topological polar surface area (TPSA) is 61.5 Å². The second-order valence-corrected chi connectivity index (χ2v) is 6.82. The highest BCUT2D eigenvalue weighted by molar-refractivity contribution is 7.99. The SMILES string of the molecule is COc1cccc(OCc2nnc3n2N=C(c2ccc(C)cc2)CS3)c1. The van der Waals surface area contributed by atoms with Crippen molar-refractivity contribution in [1.82, 2.24) is 14.9 Å². The molecule has 0 amide bonds. The van der Waals surface area contributed by atoms with Gasteiger partial charge in [0.25, 0.3) is 0 Å². The Morgan fingerprint density at radius 1 is 1.08 bits per heavy atom. The summed E-state index contributed by atoms with van der Waals surface area (Å²) in [4.78, 5) is 0.